The van der Waals surface area contributed by atoms with E-state index in [0.29, 0.717) is 10.4 Å². The van der Waals surface area contributed by atoms with Crippen LogP contribution in [0.1, 0.15) is 5.82 Å². The fraction of sp³-hybridized carbons (Fsp3) is 0.222. The van der Waals surface area contributed by atoms with Crippen molar-refractivity contribution in [3.8, 4) is 0 Å². The number of halogens is 1. The van der Waals surface area contributed by atoms with Gasteiger partial charge in [0, 0.05) is 13.2 Å². The van der Waals surface area contributed by atoms with Crippen LogP contribution in [0.5, 0.6) is 0 Å². The maximum absolute atomic E-state index is 12.0. The molecule has 0 amide bonds. The Morgan fingerprint density at radius 1 is 1.33 bits per heavy atom. The van der Waals surface area contributed by atoms with E-state index in [-0.39, 0.29) is 10.8 Å². The van der Waals surface area contributed by atoms with Crippen LogP contribution in [0.4, 0.5) is 5.82 Å². The van der Waals surface area contributed by atoms with E-state index in [2.05, 4.69) is 35.6 Å². The van der Waals surface area contributed by atoms with Crippen LogP contribution in [0.25, 0.3) is 0 Å². The molecule has 7 nitrogen and oxygen atoms in total. The highest BCUT2D eigenvalue weighted by atomic mass is 79.9. The van der Waals surface area contributed by atoms with E-state index in [1.807, 2.05) is 0 Å². The number of aromatic nitrogens is 4. The molecule has 0 aliphatic rings. The van der Waals surface area contributed by atoms with E-state index in [1.54, 1.807) is 18.5 Å². The molecule has 0 saturated heterocycles. The molecular formula is C9H10BrN5O2S. The van der Waals surface area contributed by atoms with Crippen LogP contribution in [-0.2, 0) is 17.1 Å². The molecule has 2 aromatic rings. The molecule has 0 bridgehead atoms. The number of sulfonamides is 1. The summed E-state index contributed by atoms with van der Waals surface area (Å²) in [5.41, 5.74) is 0. The topological polar surface area (TPSA) is 89.8 Å². The van der Waals surface area contributed by atoms with Gasteiger partial charge in [0.2, 0.25) is 0 Å². The number of nitrogens with one attached hydrogen (secondary N) is 1. The monoisotopic (exact) mass is 331 g/mol. The van der Waals surface area contributed by atoms with Crippen molar-refractivity contribution >= 4 is 31.8 Å². The molecule has 96 valence electrons. The normalized spacial score (nSPS) is 11.5. The first-order chi connectivity index (χ1) is 8.38. The number of anilines is 1. The molecule has 2 rings (SSSR count). The molecule has 0 unspecified atom stereocenters. The van der Waals surface area contributed by atoms with Gasteiger partial charge in [-0.1, -0.05) is 0 Å². The van der Waals surface area contributed by atoms with Gasteiger partial charge in [-0.25, -0.2) is 15.0 Å². The maximum atomic E-state index is 12.0. The number of imidazole rings is 1. The lowest BCUT2D eigenvalue weighted by Crippen LogP contribution is -2.14. The number of rotatable bonds is 3. The Balaban J connectivity index is 2.29. The largest absolute Gasteiger partial charge is 0.337 e. The van der Waals surface area contributed by atoms with E-state index >= 15 is 0 Å². The minimum absolute atomic E-state index is 0.0489. The van der Waals surface area contributed by atoms with Crippen LogP contribution in [-0.4, -0.2) is 27.9 Å². The first-order valence-electron chi connectivity index (χ1n) is 4.89. The lowest BCUT2D eigenvalue weighted by molar-refractivity contribution is 0.597. The quantitative estimate of drug-likeness (QED) is 0.908. The van der Waals surface area contributed by atoms with Gasteiger partial charge < -0.3 is 4.57 Å². The molecule has 0 aliphatic carbocycles. The number of hydrogen-bond acceptors (Lipinski definition) is 5. The average Bonchev–Trinajstić information content (AvgIpc) is 2.63. The predicted octanol–water partition coefficient (Wildman–Crippen LogP) is 1.08. The van der Waals surface area contributed by atoms with Crippen molar-refractivity contribution in [2.24, 2.45) is 7.05 Å². The van der Waals surface area contributed by atoms with Crippen LogP contribution in [0, 0.1) is 6.92 Å². The highest BCUT2D eigenvalue weighted by molar-refractivity contribution is 9.10. The molecule has 2 aromatic heterocycles. The molecule has 0 aromatic carbocycles. The average molecular weight is 332 g/mol. The van der Waals surface area contributed by atoms with Crippen LogP contribution in [0.3, 0.4) is 0 Å². The molecule has 0 fully saturated rings. The zero-order valence-electron chi connectivity index (χ0n) is 9.62. The van der Waals surface area contributed by atoms with E-state index in [1.165, 1.54) is 18.6 Å². The summed E-state index contributed by atoms with van der Waals surface area (Å²) in [6.07, 6.45) is 4.16. The second kappa shape index (κ2) is 4.65. The molecule has 9 heteroatoms. The molecular weight excluding hydrogens is 322 g/mol. The molecule has 0 aliphatic heterocycles. The fourth-order valence-electron chi connectivity index (χ4n) is 1.21. The third-order valence-corrected chi connectivity index (χ3v) is 3.86. The molecule has 2 heterocycles. The summed E-state index contributed by atoms with van der Waals surface area (Å²) in [5, 5.41) is -0.0489. The summed E-state index contributed by atoms with van der Waals surface area (Å²) < 4.78 is 28.4. The predicted molar refractivity (Wildman–Crippen MR) is 68.5 cm³/mol. The molecule has 0 atom stereocenters. The first kappa shape index (κ1) is 13.0. The van der Waals surface area contributed by atoms with Crippen molar-refractivity contribution in [1.29, 1.82) is 0 Å². The maximum Gasteiger partial charge on any atom is 0.282 e. The van der Waals surface area contributed by atoms with Crippen LogP contribution in [0.2, 0.25) is 0 Å². The van der Waals surface area contributed by atoms with E-state index in [9.17, 15) is 8.42 Å². The summed E-state index contributed by atoms with van der Waals surface area (Å²) in [7, 11) is -2.00. The molecule has 18 heavy (non-hydrogen) atoms. The van der Waals surface area contributed by atoms with Crippen molar-refractivity contribution in [3.05, 3.63) is 29.0 Å². The standard InChI is InChI=1S/C9H10BrN5O2S/c1-6-13-9(5-15(6)2)18(16,17)14-8-4-11-7(10)3-12-8/h3-5H,1-2H3,(H,12,14). The molecule has 1 N–H and O–H groups in total. The lowest BCUT2D eigenvalue weighted by Gasteiger charge is -2.03. The van der Waals surface area contributed by atoms with Gasteiger partial charge in [-0.3, -0.25) is 4.72 Å². The van der Waals surface area contributed by atoms with Crippen molar-refractivity contribution in [2.75, 3.05) is 4.72 Å². The van der Waals surface area contributed by atoms with E-state index in [4.69, 9.17) is 0 Å². The highest BCUT2D eigenvalue weighted by Crippen LogP contribution is 2.13. The Hall–Kier alpha value is -1.48. The summed E-state index contributed by atoms with van der Waals surface area (Å²) in [6.45, 7) is 1.72. The first-order valence-corrected chi connectivity index (χ1v) is 7.16. The molecule has 0 saturated carbocycles. The zero-order valence-corrected chi connectivity index (χ0v) is 12.0. The second-order valence-electron chi connectivity index (χ2n) is 3.57. The Bertz CT molecular complexity index is 645. The number of hydrogen-bond donors (Lipinski definition) is 1. The summed E-state index contributed by atoms with van der Waals surface area (Å²) in [4.78, 5) is 11.7. The van der Waals surface area contributed by atoms with Gasteiger partial charge in [0.25, 0.3) is 10.0 Å². The van der Waals surface area contributed by atoms with Gasteiger partial charge in [0.15, 0.2) is 10.8 Å². The third-order valence-electron chi connectivity index (χ3n) is 2.22. The SMILES string of the molecule is Cc1nc(S(=O)(=O)Nc2cnc(Br)cn2)cn1C. The lowest BCUT2D eigenvalue weighted by atomic mass is 10.7. The van der Waals surface area contributed by atoms with Crippen molar-refractivity contribution in [1.82, 2.24) is 19.5 Å². The smallest absolute Gasteiger partial charge is 0.282 e. The minimum atomic E-state index is -3.73. The van der Waals surface area contributed by atoms with Gasteiger partial charge >= 0.3 is 0 Å². The molecule has 0 radical (unpaired) electrons. The molecule has 0 spiro atoms. The Morgan fingerprint density at radius 3 is 2.56 bits per heavy atom. The highest BCUT2D eigenvalue weighted by Gasteiger charge is 2.19. The number of aryl methyl sites for hydroxylation is 2. The van der Waals surface area contributed by atoms with Crippen LogP contribution < -0.4 is 4.72 Å². The second-order valence-corrected chi connectivity index (χ2v) is 6.01. The van der Waals surface area contributed by atoms with Gasteiger partial charge in [-0.05, 0) is 22.9 Å². The van der Waals surface area contributed by atoms with Crippen LogP contribution in [0.15, 0.2) is 28.2 Å². The zero-order chi connectivity index (χ0) is 13.3. The van der Waals surface area contributed by atoms with Crippen molar-refractivity contribution < 1.29 is 8.42 Å². The van der Waals surface area contributed by atoms with Crippen LogP contribution >= 0.6 is 15.9 Å². The van der Waals surface area contributed by atoms with E-state index in [0.717, 1.165) is 0 Å². The summed E-state index contributed by atoms with van der Waals surface area (Å²) in [5.74, 6) is 0.749. The third kappa shape index (κ3) is 2.67. The van der Waals surface area contributed by atoms with Crippen molar-refractivity contribution in [2.45, 2.75) is 11.9 Å². The minimum Gasteiger partial charge on any atom is -0.337 e. The Kier molecular flexibility index (Phi) is 3.35. The Labute approximate surface area is 112 Å². The number of nitrogens with zero attached hydrogens (tertiary/aromatic N) is 4. The van der Waals surface area contributed by atoms with E-state index < -0.39 is 10.0 Å². The summed E-state index contributed by atoms with van der Waals surface area (Å²) >= 11 is 3.12. The summed E-state index contributed by atoms with van der Waals surface area (Å²) in [6, 6.07) is 0. The van der Waals surface area contributed by atoms with Gasteiger partial charge in [-0.2, -0.15) is 8.42 Å². The van der Waals surface area contributed by atoms with Gasteiger partial charge in [0.1, 0.15) is 10.4 Å². The van der Waals surface area contributed by atoms with Gasteiger partial charge in [0.05, 0.1) is 12.4 Å². The van der Waals surface area contributed by atoms with Crippen molar-refractivity contribution in [3.63, 3.8) is 0 Å². The fourth-order valence-corrected chi connectivity index (χ4v) is 2.45. The Morgan fingerprint density at radius 2 is 2.06 bits per heavy atom. The van der Waals surface area contributed by atoms with Gasteiger partial charge in [-0.15, -0.1) is 0 Å².